The molecule has 1 aliphatic heterocycles. The molecule has 1 fully saturated rings. The molecule has 2 rings (SSSR count). The number of hydrogen-bond donors (Lipinski definition) is 2. The third kappa shape index (κ3) is 3.22. The number of carbonyl (C=O) groups excluding carboxylic acids is 1. The van der Waals surface area contributed by atoms with Crippen LogP contribution in [0.15, 0.2) is 18.2 Å². The Morgan fingerprint density at radius 1 is 1.25 bits per heavy atom. The lowest BCUT2D eigenvalue weighted by molar-refractivity contribution is -0.144. The van der Waals surface area contributed by atoms with Crippen LogP contribution in [0.25, 0.3) is 0 Å². The fourth-order valence-electron chi connectivity index (χ4n) is 2.07. The van der Waals surface area contributed by atoms with Crippen molar-refractivity contribution in [3.63, 3.8) is 0 Å². The van der Waals surface area contributed by atoms with E-state index in [0.717, 1.165) is 0 Å². The van der Waals surface area contributed by atoms with Crippen LogP contribution in [0.1, 0.15) is 23.2 Å². The molecule has 1 heterocycles. The average molecular weight is 334 g/mol. The number of carboxylic acids is 1. The topological polar surface area (TPSA) is 66.4 Å². The fourth-order valence-corrected chi connectivity index (χ4v) is 3.75. The Morgan fingerprint density at radius 3 is 2.45 bits per heavy atom. The largest absolute Gasteiger partial charge is 0.480 e. The second-order valence-corrected chi connectivity index (χ2v) is 6.65. The highest BCUT2D eigenvalue weighted by atomic mass is 35.5. The van der Waals surface area contributed by atoms with Crippen molar-refractivity contribution in [2.45, 2.75) is 18.4 Å². The van der Waals surface area contributed by atoms with Gasteiger partial charge in [-0.1, -0.05) is 23.2 Å². The van der Waals surface area contributed by atoms with E-state index >= 15 is 0 Å². The summed E-state index contributed by atoms with van der Waals surface area (Å²) in [6, 6.07) is 4.50. The SMILES string of the molecule is O=C(NC1(C(=O)O)CCSCC1)c1ccc(Cl)cc1Cl. The molecule has 0 aliphatic carbocycles. The zero-order valence-electron chi connectivity index (χ0n) is 10.5. The maximum absolute atomic E-state index is 12.2. The lowest BCUT2D eigenvalue weighted by Crippen LogP contribution is -2.56. The lowest BCUT2D eigenvalue weighted by Gasteiger charge is -2.33. The summed E-state index contributed by atoms with van der Waals surface area (Å²) in [5, 5.41) is 12.7. The number of rotatable bonds is 3. The predicted molar refractivity (Wildman–Crippen MR) is 80.9 cm³/mol. The summed E-state index contributed by atoms with van der Waals surface area (Å²) in [5.74, 6) is -0.0702. The Bertz CT molecular complexity index is 544. The van der Waals surface area contributed by atoms with Crippen molar-refractivity contribution in [1.82, 2.24) is 5.32 Å². The molecule has 1 aliphatic rings. The van der Waals surface area contributed by atoms with Crippen LogP contribution >= 0.6 is 35.0 Å². The van der Waals surface area contributed by atoms with E-state index in [2.05, 4.69) is 5.32 Å². The van der Waals surface area contributed by atoms with Gasteiger partial charge in [-0.3, -0.25) is 4.79 Å². The van der Waals surface area contributed by atoms with Crippen LogP contribution in [-0.2, 0) is 4.79 Å². The normalized spacial score (nSPS) is 17.5. The van der Waals surface area contributed by atoms with Gasteiger partial charge in [0.1, 0.15) is 5.54 Å². The fraction of sp³-hybridized carbons (Fsp3) is 0.385. The predicted octanol–water partition coefficient (Wildman–Crippen LogP) is 3.07. The summed E-state index contributed by atoms with van der Waals surface area (Å²) in [6.07, 6.45) is 0.813. The first kappa shape index (κ1) is 15.5. The summed E-state index contributed by atoms with van der Waals surface area (Å²) in [4.78, 5) is 23.7. The second-order valence-electron chi connectivity index (χ2n) is 4.58. The molecule has 1 saturated heterocycles. The van der Waals surface area contributed by atoms with Gasteiger partial charge >= 0.3 is 5.97 Å². The molecule has 0 saturated carbocycles. The molecule has 0 unspecified atom stereocenters. The van der Waals surface area contributed by atoms with Gasteiger partial charge in [-0.05, 0) is 42.5 Å². The number of nitrogens with one attached hydrogen (secondary N) is 1. The van der Waals surface area contributed by atoms with Gasteiger partial charge in [0.05, 0.1) is 10.6 Å². The Morgan fingerprint density at radius 2 is 1.90 bits per heavy atom. The van der Waals surface area contributed by atoms with E-state index in [4.69, 9.17) is 23.2 Å². The molecule has 108 valence electrons. The van der Waals surface area contributed by atoms with Crippen LogP contribution in [0, 0.1) is 0 Å². The number of carbonyl (C=O) groups is 2. The van der Waals surface area contributed by atoms with Gasteiger partial charge in [0, 0.05) is 5.02 Å². The number of hydrogen-bond acceptors (Lipinski definition) is 3. The van der Waals surface area contributed by atoms with Crippen molar-refractivity contribution in [3.05, 3.63) is 33.8 Å². The third-order valence-electron chi connectivity index (χ3n) is 3.28. The Labute approximate surface area is 130 Å². The zero-order valence-corrected chi connectivity index (χ0v) is 12.8. The number of amides is 1. The number of benzene rings is 1. The summed E-state index contributed by atoms with van der Waals surface area (Å²) < 4.78 is 0. The minimum atomic E-state index is -1.20. The van der Waals surface area contributed by atoms with Crippen molar-refractivity contribution in [2.24, 2.45) is 0 Å². The molecular weight excluding hydrogens is 321 g/mol. The molecule has 4 nitrogen and oxygen atoms in total. The van der Waals surface area contributed by atoms with Gasteiger partial charge in [-0.15, -0.1) is 0 Å². The Kier molecular flexibility index (Phi) is 4.83. The first-order chi connectivity index (χ1) is 9.44. The molecular formula is C13H13Cl2NO3S. The molecule has 20 heavy (non-hydrogen) atoms. The van der Waals surface area contributed by atoms with Crippen molar-refractivity contribution in [3.8, 4) is 0 Å². The quantitative estimate of drug-likeness (QED) is 0.892. The van der Waals surface area contributed by atoms with E-state index in [0.29, 0.717) is 29.4 Å². The molecule has 0 atom stereocenters. The summed E-state index contributed by atoms with van der Waals surface area (Å²) in [5.41, 5.74) is -0.972. The highest BCUT2D eigenvalue weighted by Gasteiger charge is 2.41. The first-order valence-corrected chi connectivity index (χ1v) is 7.94. The number of aliphatic carboxylic acids is 1. The van der Waals surface area contributed by atoms with Crippen LogP contribution in [0.4, 0.5) is 0 Å². The highest BCUT2D eigenvalue weighted by molar-refractivity contribution is 7.99. The van der Waals surface area contributed by atoms with Gasteiger partial charge < -0.3 is 10.4 Å². The van der Waals surface area contributed by atoms with E-state index in [1.54, 1.807) is 17.8 Å². The molecule has 7 heteroatoms. The van der Waals surface area contributed by atoms with E-state index in [1.165, 1.54) is 12.1 Å². The second kappa shape index (κ2) is 6.24. The smallest absolute Gasteiger partial charge is 0.329 e. The average Bonchev–Trinajstić information content (AvgIpc) is 2.39. The summed E-state index contributed by atoms with van der Waals surface area (Å²) >= 11 is 13.4. The molecule has 1 aromatic carbocycles. The van der Waals surface area contributed by atoms with Gasteiger partial charge in [-0.2, -0.15) is 11.8 Å². The number of thioether (sulfide) groups is 1. The van der Waals surface area contributed by atoms with Gasteiger partial charge in [0.25, 0.3) is 5.91 Å². The molecule has 0 aromatic heterocycles. The van der Waals surface area contributed by atoms with Crippen LogP contribution in [0.5, 0.6) is 0 Å². The van der Waals surface area contributed by atoms with Crippen molar-refractivity contribution in [1.29, 1.82) is 0 Å². The van der Waals surface area contributed by atoms with Gasteiger partial charge in [-0.25, -0.2) is 4.79 Å². The molecule has 2 N–H and O–H groups in total. The van der Waals surface area contributed by atoms with Crippen LogP contribution in [0.2, 0.25) is 10.0 Å². The number of halogens is 2. The first-order valence-electron chi connectivity index (χ1n) is 6.03. The molecule has 1 aromatic rings. The Hall–Kier alpha value is -0.910. The third-order valence-corrected chi connectivity index (χ3v) is 4.82. The molecule has 0 bridgehead atoms. The van der Waals surface area contributed by atoms with E-state index in [-0.39, 0.29) is 10.6 Å². The standard InChI is InChI=1S/C13H13Cl2NO3S/c14-8-1-2-9(10(15)7-8)11(17)16-13(12(18)19)3-5-20-6-4-13/h1-2,7H,3-6H2,(H,16,17)(H,18,19). The lowest BCUT2D eigenvalue weighted by atomic mass is 9.92. The highest BCUT2D eigenvalue weighted by Crippen LogP contribution is 2.29. The van der Waals surface area contributed by atoms with Crippen LogP contribution in [0.3, 0.4) is 0 Å². The molecule has 1 amide bonds. The van der Waals surface area contributed by atoms with Crippen LogP contribution < -0.4 is 5.32 Å². The molecule has 0 spiro atoms. The van der Waals surface area contributed by atoms with Crippen molar-refractivity contribution >= 4 is 46.8 Å². The van der Waals surface area contributed by atoms with E-state index in [9.17, 15) is 14.7 Å². The Balaban J connectivity index is 2.22. The van der Waals surface area contributed by atoms with Crippen molar-refractivity contribution < 1.29 is 14.7 Å². The van der Waals surface area contributed by atoms with Gasteiger partial charge in [0.15, 0.2) is 0 Å². The van der Waals surface area contributed by atoms with Gasteiger partial charge in [0.2, 0.25) is 0 Å². The minimum Gasteiger partial charge on any atom is -0.480 e. The summed E-state index contributed by atoms with van der Waals surface area (Å²) in [6.45, 7) is 0. The zero-order chi connectivity index (χ0) is 14.8. The van der Waals surface area contributed by atoms with Crippen LogP contribution in [-0.4, -0.2) is 34.0 Å². The van der Waals surface area contributed by atoms with E-state index < -0.39 is 17.4 Å². The minimum absolute atomic E-state index is 0.209. The maximum atomic E-state index is 12.2. The summed E-state index contributed by atoms with van der Waals surface area (Å²) in [7, 11) is 0. The number of carboxylic acid groups (broad SMARTS) is 1. The maximum Gasteiger partial charge on any atom is 0.329 e. The van der Waals surface area contributed by atoms with Crippen molar-refractivity contribution in [2.75, 3.05) is 11.5 Å². The molecule has 0 radical (unpaired) electrons. The monoisotopic (exact) mass is 333 g/mol. The van der Waals surface area contributed by atoms with E-state index in [1.807, 2.05) is 0 Å².